The number of amides is 1. The highest BCUT2D eigenvalue weighted by Crippen LogP contribution is 2.24. The van der Waals surface area contributed by atoms with Gasteiger partial charge < -0.3 is 10.1 Å². The molecule has 1 aromatic rings. The van der Waals surface area contributed by atoms with Crippen molar-refractivity contribution in [3.05, 3.63) is 28.7 Å². The molecule has 2 rings (SSSR count). The maximum Gasteiger partial charge on any atom is 0.322 e. The average molecular weight is 327 g/mol. The third-order valence-electron chi connectivity index (χ3n) is 3.10. The normalized spacial score (nSPS) is 22.5. The number of methoxy groups -OCH3 is 1. The van der Waals surface area contributed by atoms with Crippen LogP contribution in [0.2, 0.25) is 0 Å². The number of hydrogen-bond acceptors (Lipinski definition) is 4. The molecule has 1 heterocycles. The Morgan fingerprint density at radius 3 is 2.63 bits per heavy atom. The fourth-order valence-corrected chi connectivity index (χ4v) is 2.14. The highest BCUT2D eigenvalue weighted by atomic mass is 79.9. The lowest BCUT2D eigenvalue weighted by Gasteiger charge is -2.11. The molecule has 6 heteroatoms. The van der Waals surface area contributed by atoms with E-state index in [1.54, 1.807) is 11.8 Å². The second kappa shape index (κ2) is 5.71. The second-order valence-electron chi connectivity index (χ2n) is 4.41. The van der Waals surface area contributed by atoms with Crippen molar-refractivity contribution < 1.29 is 14.3 Å². The Bertz CT molecular complexity index is 489. The monoisotopic (exact) mass is 326 g/mol. The summed E-state index contributed by atoms with van der Waals surface area (Å²) in [6, 6.07) is 6.72. The first-order chi connectivity index (χ1) is 9.02. The van der Waals surface area contributed by atoms with Gasteiger partial charge in [0.1, 0.15) is 12.1 Å². The van der Waals surface area contributed by atoms with Crippen molar-refractivity contribution in [2.24, 2.45) is 0 Å². The fourth-order valence-electron chi connectivity index (χ4n) is 1.88. The van der Waals surface area contributed by atoms with Gasteiger partial charge in [0.25, 0.3) is 0 Å². The van der Waals surface area contributed by atoms with Crippen molar-refractivity contribution in [1.29, 1.82) is 0 Å². The molecule has 1 fully saturated rings. The number of carbonyl (C=O) groups excluding carboxylic acids is 2. The fraction of sp³-hybridized carbons (Fsp3) is 0.385. The van der Waals surface area contributed by atoms with Crippen LogP contribution in [0.5, 0.6) is 0 Å². The van der Waals surface area contributed by atoms with Crippen LogP contribution in [0.25, 0.3) is 0 Å². The molecule has 0 bridgehead atoms. The zero-order valence-electron chi connectivity index (χ0n) is 10.7. The number of nitrogens with zero attached hydrogens (tertiary/aromatic N) is 1. The van der Waals surface area contributed by atoms with Gasteiger partial charge in [0.05, 0.1) is 7.11 Å². The van der Waals surface area contributed by atoms with Gasteiger partial charge in [-0.1, -0.05) is 15.9 Å². The summed E-state index contributed by atoms with van der Waals surface area (Å²) < 4.78 is 5.61. The van der Waals surface area contributed by atoms with E-state index in [9.17, 15) is 9.59 Å². The molecule has 19 heavy (non-hydrogen) atoms. The summed E-state index contributed by atoms with van der Waals surface area (Å²) in [6.45, 7) is 2.32. The number of anilines is 1. The topological polar surface area (TPSA) is 58.4 Å². The summed E-state index contributed by atoms with van der Waals surface area (Å²) in [5.74, 6) is -0.419. The van der Waals surface area contributed by atoms with E-state index in [-0.39, 0.29) is 24.0 Å². The van der Waals surface area contributed by atoms with Crippen molar-refractivity contribution in [2.75, 3.05) is 19.0 Å². The zero-order valence-corrected chi connectivity index (χ0v) is 12.3. The summed E-state index contributed by atoms with van der Waals surface area (Å²) >= 11 is 3.33. The van der Waals surface area contributed by atoms with E-state index in [4.69, 9.17) is 0 Å². The van der Waals surface area contributed by atoms with Gasteiger partial charge in [-0.15, -0.1) is 0 Å². The molecular formula is C13H15BrN2O3. The lowest BCUT2D eigenvalue weighted by Crippen LogP contribution is -2.31. The smallest absolute Gasteiger partial charge is 0.322 e. The van der Waals surface area contributed by atoms with Gasteiger partial charge in [-0.25, -0.2) is 0 Å². The lowest BCUT2D eigenvalue weighted by atomic mass is 10.3. The van der Waals surface area contributed by atoms with Crippen LogP contribution in [-0.4, -0.2) is 42.5 Å². The first-order valence-corrected chi connectivity index (χ1v) is 6.72. The summed E-state index contributed by atoms with van der Waals surface area (Å²) in [5, 5.41) is 2.82. The standard InChI is InChI=1S/C13H15BrN2O3/c1-8(13(18)19-2)16-7-11(16)12(17)15-10-5-3-9(14)4-6-10/h3-6,8,11H,7H2,1-2H3,(H,15,17)/t8-,11-,16?/m1/s1. The Balaban J connectivity index is 1.89. The van der Waals surface area contributed by atoms with Crippen LogP contribution in [0.15, 0.2) is 28.7 Å². The number of halogens is 1. The van der Waals surface area contributed by atoms with Crippen molar-refractivity contribution in [3.8, 4) is 0 Å². The van der Waals surface area contributed by atoms with Gasteiger partial charge >= 0.3 is 5.97 Å². The minimum absolute atomic E-state index is 0.0990. The minimum atomic E-state index is -0.384. The molecule has 1 aliphatic heterocycles. The Labute approximate surface area is 120 Å². The van der Waals surface area contributed by atoms with E-state index in [0.29, 0.717) is 6.54 Å². The van der Waals surface area contributed by atoms with Crippen molar-refractivity contribution in [3.63, 3.8) is 0 Å². The third kappa shape index (κ3) is 3.33. The van der Waals surface area contributed by atoms with E-state index in [1.165, 1.54) is 7.11 Å². The van der Waals surface area contributed by atoms with Crippen molar-refractivity contribution in [2.45, 2.75) is 19.0 Å². The molecule has 0 spiro atoms. The largest absolute Gasteiger partial charge is 0.468 e. The van der Waals surface area contributed by atoms with Crippen LogP contribution in [0.4, 0.5) is 5.69 Å². The molecule has 1 aromatic carbocycles. The summed E-state index contributed by atoms with van der Waals surface area (Å²) in [7, 11) is 1.35. The van der Waals surface area contributed by atoms with Crippen LogP contribution in [0, 0.1) is 0 Å². The molecule has 0 saturated carbocycles. The molecular weight excluding hydrogens is 312 g/mol. The SMILES string of the molecule is COC(=O)[C@@H](C)N1C[C@@H]1C(=O)Nc1ccc(Br)cc1. The number of esters is 1. The predicted molar refractivity (Wildman–Crippen MR) is 74.7 cm³/mol. The van der Waals surface area contributed by atoms with Gasteiger partial charge in [0.2, 0.25) is 5.91 Å². The Morgan fingerprint density at radius 1 is 1.42 bits per heavy atom. The summed E-state index contributed by atoms with van der Waals surface area (Å²) in [4.78, 5) is 25.1. The Kier molecular flexibility index (Phi) is 4.21. The number of nitrogens with one attached hydrogen (secondary N) is 1. The van der Waals surface area contributed by atoms with Crippen LogP contribution >= 0.6 is 15.9 Å². The molecule has 3 atom stereocenters. The van der Waals surface area contributed by atoms with Gasteiger partial charge in [0.15, 0.2) is 0 Å². The molecule has 0 aliphatic carbocycles. The van der Waals surface area contributed by atoms with Crippen LogP contribution in [0.1, 0.15) is 6.92 Å². The second-order valence-corrected chi connectivity index (χ2v) is 5.32. The van der Waals surface area contributed by atoms with Gasteiger partial charge in [-0.05, 0) is 31.2 Å². The van der Waals surface area contributed by atoms with Crippen molar-refractivity contribution >= 4 is 33.5 Å². The molecule has 0 radical (unpaired) electrons. The number of carbonyl (C=O) groups is 2. The number of ether oxygens (including phenoxy) is 1. The Morgan fingerprint density at radius 2 is 2.05 bits per heavy atom. The quantitative estimate of drug-likeness (QED) is 0.675. The maximum atomic E-state index is 12.0. The predicted octanol–water partition coefficient (Wildman–Crippen LogP) is 1.63. The molecule has 1 saturated heterocycles. The first kappa shape index (κ1) is 14.0. The molecule has 1 unspecified atom stereocenters. The van der Waals surface area contributed by atoms with Crippen molar-refractivity contribution in [1.82, 2.24) is 4.90 Å². The third-order valence-corrected chi connectivity index (χ3v) is 3.63. The molecule has 1 N–H and O–H groups in total. The summed E-state index contributed by atoms with van der Waals surface area (Å²) in [5.41, 5.74) is 0.741. The highest BCUT2D eigenvalue weighted by molar-refractivity contribution is 9.10. The van der Waals surface area contributed by atoms with E-state index in [1.807, 2.05) is 24.3 Å². The molecule has 5 nitrogen and oxygen atoms in total. The van der Waals surface area contributed by atoms with Gasteiger partial charge in [-0.3, -0.25) is 14.5 Å². The van der Waals surface area contributed by atoms with Crippen LogP contribution < -0.4 is 5.32 Å². The first-order valence-electron chi connectivity index (χ1n) is 5.93. The average Bonchev–Trinajstić information content (AvgIpc) is 3.20. The molecule has 102 valence electrons. The van der Waals surface area contributed by atoms with E-state index < -0.39 is 0 Å². The number of benzene rings is 1. The number of hydrogen-bond donors (Lipinski definition) is 1. The van der Waals surface area contributed by atoms with E-state index in [0.717, 1.165) is 10.2 Å². The zero-order chi connectivity index (χ0) is 14.0. The molecule has 1 aliphatic rings. The number of rotatable bonds is 4. The van der Waals surface area contributed by atoms with E-state index >= 15 is 0 Å². The van der Waals surface area contributed by atoms with Gasteiger partial charge in [-0.2, -0.15) is 0 Å². The van der Waals surface area contributed by atoms with Crippen LogP contribution in [-0.2, 0) is 14.3 Å². The van der Waals surface area contributed by atoms with E-state index in [2.05, 4.69) is 26.0 Å². The lowest BCUT2D eigenvalue weighted by molar-refractivity contribution is -0.144. The highest BCUT2D eigenvalue weighted by Gasteiger charge is 2.46. The van der Waals surface area contributed by atoms with Gasteiger partial charge in [0, 0.05) is 16.7 Å². The minimum Gasteiger partial charge on any atom is -0.468 e. The maximum absolute atomic E-state index is 12.0. The summed E-state index contributed by atoms with van der Waals surface area (Å²) in [6.07, 6.45) is 0. The Hall–Kier alpha value is -1.40. The van der Waals surface area contributed by atoms with Crippen LogP contribution in [0.3, 0.4) is 0 Å². The molecule has 1 amide bonds. The molecule has 0 aromatic heterocycles.